The summed E-state index contributed by atoms with van der Waals surface area (Å²) in [6, 6.07) is 5.06. The second-order valence-electron chi connectivity index (χ2n) is 4.60. The minimum absolute atomic E-state index is 0.0333. The average Bonchev–Trinajstić information content (AvgIpc) is 2.35. The summed E-state index contributed by atoms with van der Waals surface area (Å²) in [7, 11) is 3.98. The second kappa shape index (κ2) is 6.94. The molecule has 0 heterocycles. The SMILES string of the molecule is CCOc1cc(NCC(C)N(C)C)cc([N+](=O)[O-])c1. The molecule has 0 spiro atoms. The lowest BCUT2D eigenvalue weighted by Crippen LogP contribution is -2.31. The highest BCUT2D eigenvalue weighted by Gasteiger charge is 2.11. The highest BCUT2D eigenvalue weighted by molar-refractivity contribution is 5.56. The molecule has 1 atom stereocenters. The number of nitrogens with one attached hydrogen (secondary N) is 1. The molecule has 0 bridgehead atoms. The lowest BCUT2D eigenvalue weighted by atomic mass is 10.2. The lowest BCUT2D eigenvalue weighted by Gasteiger charge is -2.20. The first kappa shape index (κ1) is 15.2. The fourth-order valence-electron chi connectivity index (χ4n) is 1.49. The normalized spacial score (nSPS) is 12.3. The van der Waals surface area contributed by atoms with Gasteiger partial charge in [0.25, 0.3) is 5.69 Å². The Morgan fingerprint density at radius 2 is 2.11 bits per heavy atom. The Morgan fingerprint density at radius 3 is 2.63 bits per heavy atom. The summed E-state index contributed by atoms with van der Waals surface area (Å²) in [5.41, 5.74) is 0.734. The van der Waals surface area contributed by atoms with Crippen molar-refractivity contribution in [1.29, 1.82) is 0 Å². The van der Waals surface area contributed by atoms with Crippen molar-refractivity contribution in [2.24, 2.45) is 0 Å². The van der Waals surface area contributed by atoms with Gasteiger partial charge in [0.1, 0.15) is 5.75 Å². The van der Waals surface area contributed by atoms with Gasteiger partial charge in [-0.15, -0.1) is 0 Å². The maximum atomic E-state index is 10.9. The molecule has 1 unspecified atom stereocenters. The molecular formula is C13H21N3O3. The van der Waals surface area contributed by atoms with Gasteiger partial charge in [-0.1, -0.05) is 0 Å². The highest BCUT2D eigenvalue weighted by Crippen LogP contribution is 2.26. The van der Waals surface area contributed by atoms with Gasteiger partial charge >= 0.3 is 0 Å². The third kappa shape index (κ3) is 4.75. The van der Waals surface area contributed by atoms with Crippen LogP contribution in [0.2, 0.25) is 0 Å². The number of hydrogen-bond acceptors (Lipinski definition) is 5. The number of likely N-dealkylation sites (N-methyl/N-ethyl adjacent to an activating group) is 1. The molecule has 106 valence electrons. The molecule has 0 saturated heterocycles. The Hall–Kier alpha value is -1.82. The zero-order chi connectivity index (χ0) is 14.4. The first-order valence-corrected chi connectivity index (χ1v) is 6.26. The van der Waals surface area contributed by atoms with Crippen LogP contribution in [-0.2, 0) is 0 Å². The van der Waals surface area contributed by atoms with Crippen LogP contribution in [-0.4, -0.2) is 43.1 Å². The summed E-state index contributed by atoms with van der Waals surface area (Å²) in [4.78, 5) is 12.5. The van der Waals surface area contributed by atoms with Gasteiger partial charge in [0.15, 0.2) is 0 Å². The van der Waals surface area contributed by atoms with Crippen molar-refractivity contribution in [1.82, 2.24) is 4.90 Å². The summed E-state index contributed by atoms with van der Waals surface area (Å²) < 4.78 is 5.34. The van der Waals surface area contributed by atoms with Gasteiger partial charge in [-0.2, -0.15) is 0 Å². The minimum atomic E-state index is -0.414. The van der Waals surface area contributed by atoms with Crippen molar-refractivity contribution in [2.45, 2.75) is 19.9 Å². The van der Waals surface area contributed by atoms with Crippen molar-refractivity contribution in [3.8, 4) is 5.75 Å². The Kier molecular flexibility index (Phi) is 5.57. The Morgan fingerprint density at radius 1 is 1.42 bits per heavy atom. The third-order valence-electron chi connectivity index (χ3n) is 2.90. The first-order chi connectivity index (χ1) is 8.93. The van der Waals surface area contributed by atoms with Gasteiger partial charge in [-0.25, -0.2) is 0 Å². The smallest absolute Gasteiger partial charge is 0.275 e. The van der Waals surface area contributed by atoms with Crippen molar-refractivity contribution in [2.75, 3.05) is 32.6 Å². The number of nitrogens with zero attached hydrogens (tertiary/aromatic N) is 2. The molecule has 0 aromatic heterocycles. The minimum Gasteiger partial charge on any atom is -0.494 e. The van der Waals surface area contributed by atoms with Crippen LogP contribution in [0.5, 0.6) is 5.75 Å². The molecule has 1 aromatic carbocycles. The van der Waals surface area contributed by atoms with E-state index in [1.54, 1.807) is 6.07 Å². The van der Waals surface area contributed by atoms with E-state index in [4.69, 9.17) is 4.74 Å². The lowest BCUT2D eigenvalue weighted by molar-refractivity contribution is -0.384. The van der Waals surface area contributed by atoms with Crippen molar-refractivity contribution in [3.05, 3.63) is 28.3 Å². The standard InChI is InChI=1S/C13H21N3O3/c1-5-19-13-7-11(6-12(8-13)16(17)18)14-9-10(2)15(3)4/h6-8,10,14H,5,9H2,1-4H3. The molecule has 0 aliphatic heterocycles. The number of anilines is 1. The quantitative estimate of drug-likeness (QED) is 0.606. The van der Waals surface area contributed by atoms with E-state index in [9.17, 15) is 10.1 Å². The summed E-state index contributed by atoms with van der Waals surface area (Å²) in [6.45, 7) is 5.11. The summed E-state index contributed by atoms with van der Waals surface area (Å²) in [6.07, 6.45) is 0. The molecule has 0 aliphatic rings. The van der Waals surface area contributed by atoms with E-state index >= 15 is 0 Å². The average molecular weight is 267 g/mol. The molecule has 6 nitrogen and oxygen atoms in total. The van der Waals surface area contributed by atoms with E-state index in [2.05, 4.69) is 17.1 Å². The van der Waals surface area contributed by atoms with Gasteiger partial charge in [0, 0.05) is 30.4 Å². The third-order valence-corrected chi connectivity index (χ3v) is 2.90. The van der Waals surface area contributed by atoms with Crippen LogP contribution in [0.1, 0.15) is 13.8 Å². The molecule has 6 heteroatoms. The highest BCUT2D eigenvalue weighted by atomic mass is 16.6. The molecular weight excluding hydrogens is 246 g/mol. The molecule has 0 radical (unpaired) electrons. The molecule has 1 N–H and O–H groups in total. The number of benzene rings is 1. The first-order valence-electron chi connectivity index (χ1n) is 6.26. The summed E-state index contributed by atoms with van der Waals surface area (Å²) in [5, 5.41) is 14.1. The van der Waals surface area contributed by atoms with Crippen LogP contribution in [0.4, 0.5) is 11.4 Å². The van der Waals surface area contributed by atoms with Gasteiger partial charge in [-0.3, -0.25) is 10.1 Å². The summed E-state index contributed by atoms with van der Waals surface area (Å²) in [5.74, 6) is 0.511. The van der Waals surface area contributed by atoms with Crippen LogP contribution in [0.15, 0.2) is 18.2 Å². The fraction of sp³-hybridized carbons (Fsp3) is 0.538. The molecule has 1 rings (SSSR count). The van der Waals surface area contributed by atoms with Gasteiger partial charge in [0.2, 0.25) is 0 Å². The molecule has 0 aliphatic carbocycles. The number of non-ortho nitro benzene ring substituents is 1. The largest absolute Gasteiger partial charge is 0.494 e. The predicted octanol–water partition coefficient (Wildman–Crippen LogP) is 2.36. The maximum absolute atomic E-state index is 10.9. The molecule has 0 amide bonds. The molecule has 1 aromatic rings. The van der Waals surface area contributed by atoms with Crippen LogP contribution in [0, 0.1) is 10.1 Å². The number of nitro benzene ring substituents is 1. The second-order valence-corrected chi connectivity index (χ2v) is 4.60. The van der Waals surface area contributed by atoms with E-state index in [1.165, 1.54) is 12.1 Å². The van der Waals surface area contributed by atoms with E-state index in [0.717, 1.165) is 0 Å². The van der Waals surface area contributed by atoms with Crippen molar-refractivity contribution in [3.63, 3.8) is 0 Å². The van der Waals surface area contributed by atoms with E-state index < -0.39 is 4.92 Å². The van der Waals surface area contributed by atoms with Crippen molar-refractivity contribution < 1.29 is 9.66 Å². The monoisotopic (exact) mass is 267 g/mol. The Labute approximate surface area is 113 Å². The van der Waals surface area contributed by atoms with Gasteiger partial charge in [0.05, 0.1) is 17.6 Å². The van der Waals surface area contributed by atoms with E-state index in [1.807, 2.05) is 21.0 Å². The van der Waals surface area contributed by atoms with Gasteiger partial charge < -0.3 is 15.0 Å². The maximum Gasteiger partial charge on any atom is 0.275 e. The van der Waals surface area contributed by atoms with E-state index in [-0.39, 0.29) is 5.69 Å². The zero-order valence-corrected chi connectivity index (χ0v) is 11.8. The Bertz CT molecular complexity index is 435. The topological polar surface area (TPSA) is 67.6 Å². The summed E-state index contributed by atoms with van der Waals surface area (Å²) >= 11 is 0. The molecule has 0 saturated carbocycles. The Balaban J connectivity index is 2.84. The van der Waals surface area contributed by atoms with Crippen LogP contribution in [0.25, 0.3) is 0 Å². The van der Waals surface area contributed by atoms with Crippen LogP contribution < -0.4 is 10.1 Å². The number of ether oxygens (including phenoxy) is 1. The van der Waals surface area contributed by atoms with E-state index in [0.29, 0.717) is 30.6 Å². The number of rotatable bonds is 7. The van der Waals surface area contributed by atoms with Gasteiger partial charge in [-0.05, 0) is 27.9 Å². The van der Waals surface area contributed by atoms with Crippen LogP contribution >= 0.6 is 0 Å². The number of nitro groups is 1. The molecule has 19 heavy (non-hydrogen) atoms. The number of hydrogen-bond donors (Lipinski definition) is 1. The predicted molar refractivity (Wildman–Crippen MR) is 75.9 cm³/mol. The fourth-order valence-corrected chi connectivity index (χ4v) is 1.49. The van der Waals surface area contributed by atoms with Crippen LogP contribution in [0.3, 0.4) is 0 Å². The van der Waals surface area contributed by atoms with Crippen molar-refractivity contribution >= 4 is 11.4 Å². The zero-order valence-electron chi connectivity index (χ0n) is 11.8. The molecule has 0 fully saturated rings.